The number of aryl methyl sites for hydroxylation is 1. The highest BCUT2D eigenvalue weighted by atomic mass is 16.5. The van der Waals surface area contributed by atoms with E-state index in [1.807, 2.05) is 42.5 Å². The SMILES string of the molecule is [2H]C([2H])([2H])c1cc2c(cc1-c1cccc3c1Oc1ccccc1C3(C)C)-c1ccccc1-c1ccccc1-c1ccccc1-2. The van der Waals surface area contributed by atoms with Crippen molar-refractivity contribution in [3.8, 4) is 67.1 Å². The number of para-hydroxylation sites is 2. The first-order valence-electron chi connectivity index (χ1n) is 15.6. The summed E-state index contributed by atoms with van der Waals surface area (Å²) in [5, 5.41) is 0. The molecule has 41 heavy (non-hydrogen) atoms. The van der Waals surface area contributed by atoms with Crippen molar-refractivity contribution in [1.29, 1.82) is 0 Å². The quantitative estimate of drug-likeness (QED) is 0.205. The molecule has 1 aliphatic heterocycles. The molecule has 0 radical (unpaired) electrons. The van der Waals surface area contributed by atoms with E-state index < -0.39 is 6.85 Å². The standard InChI is InChI=1S/C40H30O/c1-25-23-34-30-17-8-6-15-28(30)26-13-4-5-14-27(26)29-16-7-9-18-31(29)35(34)24-33(25)32-19-12-21-37-39(32)41-38-22-11-10-20-36(38)40(37,2)3/h4-24H,1-3H3/i1D3. The van der Waals surface area contributed by atoms with E-state index in [1.165, 1.54) is 0 Å². The van der Waals surface area contributed by atoms with Gasteiger partial charge in [0.25, 0.3) is 0 Å². The van der Waals surface area contributed by atoms with Crippen molar-refractivity contribution in [2.24, 2.45) is 0 Å². The van der Waals surface area contributed by atoms with E-state index in [1.54, 1.807) is 0 Å². The minimum Gasteiger partial charge on any atom is -0.456 e. The second-order valence-corrected chi connectivity index (χ2v) is 11.5. The molecule has 8 rings (SSSR count). The van der Waals surface area contributed by atoms with E-state index in [4.69, 9.17) is 8.85 Å². The zero-order chi connectivity index (χ0) is 30.2. The highest BCUT2D eigenvalue weighted by Gasteiger charge is 2.35. The van der Waals surface area contributed by atoms with Gasteiger partial charge in [0.15, 0.2) is 0 Å². The van der Waals surface area contributed by atoms with Crippen LogP contribution < -0.4 is 4.74 Å². The molecular weight excluding hydrogens is 496 g/mol. The maximum Gasteiger partial charge on any atom is 0.139 e. The van der Waals surface area contributed by atoms with Crippen LogP contribution in [0, 0.1) is 6.85 Å². The average Bonchev–Trinajstić information content (AvgIpc) is 3.03. The lowest BCUT2D eigenvalue weighted by atomic mass is 9.74. The van der Waals surface area contributed by atoms with Crippen molar-refractivity contribution in [2.45, 2.75) is 26.1 Å². The third-order valence-corrected chi connectivity index (χ3v) is 8.85. The van der Waals surface area contributed by atoms with Crippen LogP contribution in [0.4, 0.5) is 0 Å². The molecule has 0 saturated heterocycles. The summed E-state index contributed by atoms with van der Waals surface area (Å²) in [4.78, 5) is 0. The Morgan fingerprint density at radius 2 is 0.927 bits per heavy atom. The Kier molecular flexibility index (Phi) is 4.50. The summed E-state index contributed by atoms with van der Waals surface area (Å²) in [7, 11) is 0. The molecule has 6 aromatic rings. The molecule has 0 saturated carbocycles. The van der Waals surface area contributed by atoms with E-state index in [-0.39, 0.29) is 5.41 Å². The van der Waals surface area contributed by atoms with Crippen LogP contribution in [-0.4, -0.2) is 0 Å². The first kappa shape index (κ1) is 20.9. The van der Waals surface area contributed by atoms with Crippen LogP contribution in [0.15, 0.2) is 127 Å². The zero-order valence-corrected chi connectivity index (χ0v) is 23.0. The summed E-state index contributed by atoms with van der Waals surface area (Å²) in [6.45, 7) is 2.05. The van der Waals surface area contributed by atoms with Crippen molar-refractivity contribution in [3.63, 3.8) is 0 Å². The largest absolute Gasteiger partial charge is 0.456 e. The molecule has 0 unspecified atom stereocenters. The maximum atomic E-state index is 8.75. The van der Waals surface area contributed by atoms with E-state index in [9.17, 15) is 0 Å². The summed E-state index contributed by atoms with van der Waals surface area (Å²) in [6, 6.07) is 43.5. The summed E-state index contributed by atoms with van der Waals surface area (Å²) >= 11 is 0. The Morgan fingerprint density at radius 1 is 0.463 bits per heavy atom. The summed E-state index contributed by atoms with van der Waals surface area (Å²) in [6.07, 6.45) is 0. The van der Waals surface area contributed by atoms with Crippen LogP contribution >= 0.6 is 0 Å². The van der Waals surface area contributed by atoms with Gasteiger partial charge < -0.3 is 4.74 Å². The van der Waals surface area contributed by atoms with Crippen molar-refractivity contribution < 1.29 is 8.85 Å². The highest BCUT2D eigenvalue weighted by molar-refractivity contribution is 6.04. The lowest BCUT2D eigenvalue weighted by molar-refractivity contribution is 0.419. The predicted molar refractivity (Wildman–Crippen MR) is 171 cm³/mol. The molecule has 1 aliphatic carbocycles. The molecular formula is C40H30O. The van der Waals surface area contributed by atoms with Gasteiger partial charge in [-0.25, -0.2) is 0 Å². The van der Waals surface area contributed by atoms with Crippen LogP contribution in [-0.2, 0) is 5.41 Å². The smallest absolute Gasteiger partial charge is 0.139 e. The second kappa shape index (κ2) is 8.81. The lowest BCUT2D eigenvalue weighted by Crippen LogP contribution is -2.24. The van der Waals surface area contributed by atoms with E-state index in [2.05, 4.69) is 98.8 Å². The van der Waals surface area contributed by atoms with Gasteiger partial charge in [0.05, 0.1) is 0 Å². The summed E-state index contributed by atoms with van der Waals surface area (Å²) in [5.41, 5.74) is 12.1. The Hall–Kier alpha value is -4.88. The van der Waals surface area contributed by atoms with Gasteiger partial charge in [-0.15, -0.1) is 0 Å². The van der Waals surface area contributed by atoms with Crippen LogP contribution in [0.5, 0.6) is 11.5 Å². The fourth-order valence-corrected chi connectivity index (χ4v) is 6.80. The normalized spacial score (nSPS) is 15.0. The Balaban J connectivity index is 1.48. The van der Waals surface area contributed by atoms with E-state index in [0.29, 0.717) is 16.9 Å². The number of hydrogen-bond acceptors (Lipinski definition) is 1. The second-order valence-electron chi connectivity index (χ2n) is 11.5. The van der Waals surface area contributed by atoms with Gasteiger partial charge in [-0.2, -0.15) is 0 Å². The van der Waals surface area contributed by atoms with Gasteiger partial charge in [-0.3, -0.25) is 0 Å². The molecule has 0 N–H and O–H groups in total. The van der Waals surface area contributed by atoms with Crippen LogP contribution in [0.1, 0.15) is 34.7 Å². The third kappa shape index (κ3) is 3.49. The van der Waals surface area contributed by atoms with Crippen LogP contribution in [0.3, 0.4) is 0 Å². The summed E-state index contributed by atoms with van der Waals surface area (Å²) in [5.74, 6) is 1.52. The van der Waals surface area contributed by atoms with Crippen LogP contribution in [0.25, 0.3) is 55.6 Å². The molecule has 0 atom stereocenters. The Bertz CT molecular complexity index is 2120. The molecule has 0 aromatic heterocycles. The fourth-order valence-electron chi connectivity index (χ4n) is 6.80. The van der Waals surface area contributed by atoms with Gasteiger partial charge in [-0.05, 0) is 74.6 Å². The van der Waals surface area contributed by atoms with E-state index in [0.717, 1.165) is 66.9 Å². The minimum atomic E-state index is -2.36. The number of fused-ring (bicyclic) bond motifs is 10. The van der Waals surface area contributed by atoms with Gasteiger partial charge in [-0.1, -0.05) is 129 Å². The molecule has 0 amide bonds. The average molecular weight is 530 g/mol. The van der Waals surface area contributed by atoms with E-state index >= 15 is 0 Å². The van der Waals surface area contributed by atoms with Crippen molar-refractivity contribution >= 4 is 0 Å². The monoisotopic (exact) mass is 529 g/mol. The van der Waals surface area contributed by atoms with Crippen molar-refractivity contribution in [3.05, 3.63) is 144 Å². The van der Waals surface area contributed by atoms with Gasteiger partial charge in [0, 0.05) is 26.2 Å². The Labute approximate surface area is 245 Å². The van der Waals surface area contributed by atoms with Crippen molar-refractivity contribution in [2.75, 3.05) is 0 Å². The highest BCUT2D eigenvalue weighted by Crippen LogP contribution is 2.53. The van der Waals surface area contributed by atoms with Crippen LogP contribution in [0.2, 0.25) is 0 Å². The van der Waals surface area contributed by atoms with Gasteiger partial charge in [0.1, 0.15) is 11.5 Å². The molecule has 1 heteroatoms. The topological polar surface area (TPSA) is 9.23 Å². The molecule has 196 valence electrons. The molecule has 2 aliphatic rings. The van der Waals surface area contributed by atoms with Crippen molar-refractivity contribution in [1.82, 2.24) is 0 Å². The number of ether oxygens (including phenoxy) is 1. The molecule has 1 heterocycles. The number of rotatable bonds is 1. The molecule has 0 spiro atoms. The molecule has 0 fully saturated rings. The first-order chi connectivity index (χ1) is 21.2. The fraction of sp³-hybridized carbons (Fsp3) is 0.100. The molecule has 0 bridgehead atoms. The number of benzene rings is 6. The third-order valence-electron chi connectivity index (χ3n) is 8.85. The summed E-state index contributed by atoms with van der Waals surface area (Å²) < 4.78 is 32.9. The van der Waals surface area contributed by atoms with Gasteiger partial charge >= 0.3 is 0 Å². The predicted octanol–water partition coefficient (Wildman–Crippen LogP) is 11.1. The molecule has 1 nitrogen and oxygen atoms in total. The zero-order valence-electron chi connectivity index (χ0n) is 26.0. The molecule has 6 aromatic carbocycles. The maximum absolute atomic E-state index is 8.75. The first-order valence-corrected chi connectivity index (χ1v) is 14.1. The van der Waals surface area contributed by atoms with Gasteiger partial charge in [0.2, 0.25) is 0 Å². The Morgan fingerprint density at radius 3 is 1.51 bits per heavy atom. The lowest BCUT2D eigenvalue weighted by Gasteiger charge is -2.35. The number of hydrogen-bond donors (Lipinski definition) is 0. The minimum absolute atomic E-state index is 0.311.